The summed E-state index contributed by atoms with van der Waals surface area (Å²) in [5, 5.41) is 0. The summed E-state index contributed by atoms with van der Waals surface area (Å²) >= 11 is 0. The van der Waals surface area contributed by atoms with E-state index in [-0.39, 0.29) is 0 Å². The highest BCUT2D eigenvalue weighted by atomic mass is 14.6. The molecule has 3 aliphatic carbocycles. The second-order valence-corrected chi connectivity index (χ2v) is 4.86. The smallest absolute Gasteiger partial charge is 0.00398 e. The zero-order valence-corrected chi connectivity index (χ0v) is 8.14. The second-order valence-electron chi connectivity index (χ2n) is 4.86. The molecule has 0 unspecified atom stereocenters. The van der Waals surface area contributed by atoms with E-state index in [2.05, 4.69) is 19.9 Å². The molecular weight excluding hydrogens is 146 g/mol. The molecule has 3 aliphatic rings. The molecule has 2 bridgehead atoms. The topological polar surface area (TPSA) is 26.0 Å². The van der Waals surface area contributed by atoms with Crippen LogP contribution >= 0.6 is 0 Å². The SMILES string of the molecule is CC1(C)[C@H]2CC=C(CCN)[C@@H]1C2. The van der Waals surface area contributed by atoms with Crippen molar-refractivity contribution in [3.8, 4) is 0 Å². The molecule has 0 aromatic carbocycles. The molecule has 1 saturated carbocycles. The molecular formula is C11H19N. The van der Waals surface area contributed by atoms with E-state index in [1.807, 2.05) is 0 Å². The zero-order chi connectivity index (χ0) is 8.77. The lowest BCUT2D eigenvalue weighted by Gasteiger charge is -2.56. The molecule has 0 heterocycles. The summed E-state index contributed by atoms with van der Waals surface area (Å²) in [5.74, 6) is 1.82. The van der Waals surface area contributed by atoms with E-state index < -0.39 is 0 Å². The van der Waals surface area contributed by atoms with E-state index in [4.69, 9.17) is 5.73 Å². The number of rotatable bonds is 2. The van der Waals surface area contributed by atoms with Crippen molar-refractivity contribution in [2.45, 2.75) is 33.1 Å². The molecule has 2 atom stereocenters. The molecule has 1 nitrogen and oxygen atoms in total. The first kappa shape index (κ1) is 8.31. The van der Waals surface area contributed by atoms with Crippen LogP contribution in [0, 0.1) is 17.3 Å². The lowest BCUT2D eigenvalue weighted by molar-refractivity contribution is -0.00797. The maximum Gasteiger partial charge on any atom is -0.00398 e. The minimum Gasteiger partial charge on any atom is -0.330 e. The van der Waals surface area contributed by atoms with Crippen LogP contribution in [0.15, 0.2) is 11.6 Å². The van der Waals surface area contributed by atoms with E-state index in [9.17, 15) is 0 Å². The summed E-state index contributed by atoms with van der Waals surface area (Å²) in [6.45, 7) is 5.65. The molecule has 0 aromatic rings. The predicted octanol–water partition coefficient (Wildman–Crippen LogP) is 2.33. The van der Waals surface area contributed by atoms with Crippen molar-refractivity contribution in [2.24, 2.45) is 23.0 Å². The summed E-state index contributed by atoms with van der Waals surface area (Å²) < 4.78 is 0. The van der Waals surface area contributed by atoms with Gasteiger partial charge in [0.1, 0.15) is 0 Å². The highest BCUT2D eigenvalue weighted by molar-refractivity contribution is 5.23. The normalized spacial score (nSPS) is 37.1. The number of hydrogen-bond donors (Lipinski definition) is 1. The number of nitrogens with two attached hydrogens (primary N) is 1. The summed E-state index contributed by atoms with van der Waals surface area (Å²) in [5.41, 5.74) is 7.81. The van der Waals surface area contributed by atoms with Crippen LogP contribution in [0.3, 0.4) is 0 Å². The second kappa shape index (κ2) is 2.59. The molecule has 0 aliphatic heterocycles. The third-order valence-electron chi connectivity index (χ3n) is 4.02. The van der Waals surface area contributed by atoms with Crippen LogP contribution in [0.25, 0.3) is 0 Å². The Kier molecular flexibility index (Phi) is 1.80. The first-order chi connectivity index (χ1) is 5.66. The molecule has 2 N–H and O–H groups in total. The van der Waals surface area contributed by atoms with Gasteiger partial charge in [-0.3, -0.25) is 0 Å². The Balaban J connectivity index is 2.13. The number of fused-ring (bicyclic) bond motifs is 1. The molecule has 1 fully saturated rings. The van der Waals surface area contributed by atoms with Crippen LogP contribution in [0.5, 0.6) is 0 Å². The highest BCUT2D eigenvalue weighted by Crippen LogP contribution is 2.59. The van der Waals surface area contributed by atoms with Gasteiger partial charge in [0.25, 0.3) is 0 Å². The van der Waals surface area contributed by atoms with Gasteiger partial charge in [-0.1, -0.05) is 25.5 Å². The van der Waals surface area contributed by atoms with Crippen molar-refractivity contribution in [1.29, 1.82) is 0 Å². The van der Waals surface area contributed by atoms with Crippen molar-refractivity contribution in [3.05, 3.63) is 11.6 Å². The molecule has 68 valence electrons. The minimum atomic E-state index is 0.583. The van der Waals surface area contributed by atoms with Crippen molar-refractivity contribution in [3.63, 3.8) is 0 Å². The fourth-order valence-corrected chi connectivity index (χ4v) is 2.92. The Labute approximate surface area is 75.0 Å². The van der Waals surface area contributed by atoms with E-state index in [0.717, 1.165) is 24.8 Å². The van der Waals surface area contributed by atoms with Gasteiger partial charge in [-0.05, 0) is 43.1 Å². The van der Waals surface area contributed by atoms with Gasteiger partial charge in [-0.2, -0.15) is 0 Å². The van der Waals surface area contributed by atoms with E-state index in [1.165, 1.54) is 12.8 Å². The van der Waals surface area contributed by atoms with Gasteiger partial charge in [0.05, 0.1) is 0 Å². The maximum atomic E-state index is 5.59. The first-order valence-corrected chi connectivity index (χ1v) is 5.05. The molecule has 0 spiro atoms. The fraction of sp³-hybridized carbons (Fsp3) is 0.818. The molecule has 0 aromatic heterocycles. The van der Waals surface area contributed by atoms with Crippen LogP contribution in [-0.4, -0.2) is 6.54 Å². The van der Waals surface area contributed by atoms with E-state index >= 15 is 0 Å². The minimum absolute atomic E-state index is 0.583. The fourth-order valence-electron chi connectivity index (χ4n) is 2.92. The monoisotopic (exact) mass is 165 g/mol. The average molecular weight is 165 g/mol. The Hall–Kier alpha value is -0.300. The lowest BCUT2D eigenvalue weighted by Crippen LogP contribution is -2.48. The van der Waals surface area contributed by atoms with Gasteiger partial charge >= 0.3 is 0 Å². The molecule has 3 rings (SSSR count). The Morgan fingerprint density at radius 2 is 2.33 bits per heavy atom. The summed E-state index contributed by atoms with van der Waals surface area (Å²) in [4.78, 5) is 0. The zero-order valence-electron chi connectivity index (χ0n) is 8.14. The maximum absolute atomic E-state index is 5.59. The van der Waals surface area contributed by atoms with Crippen LogP contribution in [0.2, 0.25) is 0 Å². The lowest BCUT2D eigenvalue weighted by atomic mass is 9.48. The number of allylic oxidation sites excluding steroid dienone is 1. The third kappa shape index (κ3) is 0.957. The van der Waals surface area contributed by atoms with Gasteiger partial charge in [-0.25, -0.2) is 0 Å². The molecule has 12 heavy (non-hydrogen) atoms. The van der Waals surface area contributed by atoms with Gasteiger partial charge in [0, 0.05) is 0 Å². The van der Waals surface area contributed by atoms with Gasteiger partial charge in [0.15, 0.2) is 0 Å². The number of hydrogen-bond acceptors (Lipinski definition) is 1. The Bertz CT molecular complexity index is 215. The van der Waals surface area contributed by atoms with E-state index in [1.54, 1.807) is 5.57 Å². The third-order valence-corrected chi connectivity index (χ3v) is 4.02. The van der Waals surface area contributed by atoms with Crippen molar-refractivity contribution in [2.75, 3.05) is 6.54 Å². The Morgan fingerprint density at radius 1 is 1.58 bits per heavy atom. The predicted molar refractivity (Wildman–Crippen MR) is 51.7 cm³/mol. The van der Waals surface area contributed by atoms with Crippen molar-refractivity contribution in [1.82, 2.24) is 0 Å². The summed E-state index contributed by atoms with van der Waals surface area (Å²) in [7, 11) is 0. The molecule has 0 radical (unpaired) electrons. The first-order valence-electron chi connectivity index (χ1n) is 5.05. The van der Waals surface area contributed by atoms with Gasteiger partial charge < -0.3 is 5.73 Å². The quantitative estimate of drug-likeness (QED) is 0.624. The average Bonchev–Trinajstić information content (AvgIpc) is 2.05. The van der Waals surface area contributed by atoms with Crippen LogP contribution in [0.4, 0.5) is 0 Å². The van der Waals surface area contributed by atoms with E-state index in [0.29, 0.717) is 5.41 Å². The highest BCUT2D eigenvalue weighted by Gasteiger charge is 2.50. The van der Waals surface area contributed by atoms with Crippen LogP contribution in [0.1, 0.15) is 33.1 Å². The summed E-state index contributed by atoms with van der Waals surface area (Å²) in [6, 6.07) is 0. The van der Waals surface area contributed by atoms with Gasteiger partial charge in [-0.15, -0.1) is 0 Å². The molecule has 0 amide bonds. The van der Waals surface area contributed by atoms with Crippen molar-refractivity contribution >= 4 is 0 Å². The van der Waals surface area contributed by atoms with Gasteiger partial charge in [0.2, 0.25) is 0 Å². The standard InChI is InChI=1S/C11H19N/c1-11(2)9-4-3-8(5-6-12)10(11)7-9/h3,9-10H,4-7,12H2,1-2H3/t9-,10-/m0/s1. The largest absolute Gasteiger partial charge is 0.330 e. The van der Waals surface area contributed by atoms with Crippen molar-refractivity contribution < 1.29 is 0 Å². The van der Waals surface area contributed by atoms with Crippen LogP contribution in [-0.2, 0) is 0 Å². The van der Waals surface area contributed by atoms with Crippen LogP contribution < -0.4 is 5.73 Å². The Morgan fingerprint density at radius 3 is 2.83 bits per heavy atom. The summed E-state index contributed by atoms with van der Waals surface area (Å²) in [6.07, 6.45) is 6.30. The molecule has 0 saturated heterocycles. The molecule has 1 heteroatoms.